The molecule has 0 aliphatic carbocycles. The number of ether oxygens (including phenoxy) is 1. The maximum Gasteiger partial charge on any atom is 0.328 e. The van der Waals surface area contributed by atoms with E-state index in [0.717, 1.165) is 18.9 Å². The Morgan fingerprint density at radius 2 is 2.19 bits per heavy atom. The van der Waals surface area contributed by atoms with Crippen LogP contribution in [0.3, 0.4) is 0 Å². The first-order valence-corrected chi connectivity index (χ1v) is 7.07. The first kappa shape index (κ1) is 15.3. The van der Waals surface area contributed by atoms with Crippen molar-refractivity contribution in [1.29, 1.82) is 0 Å². The summed E-state index contributed by atoms with van der Waals surface area (Å²) in [4.78, 5) is 25.8. The van der Waals surface area contributed by atoms with Crippen molar-refractivity contribution in [2.24, 2.45) is 0 Å². The third-order valence-electron chi connectivity index (χ3n) is 3.55. The average Bonchev–Trinajstić information content (AvgIpc) is 2.47. The number of benzene rings is 1. The van der Waals surface area contributed by atoms with E-state index >= 15 is 0 Å². The van der Waals surface area contributed by atoms with E-state index in [0.29, 0.717) is 13.0 Å². The highest BCUT2D eigenvalue weighted by Crippen LogP contribution is 2.22. The average molecular weight is 294 g/mol. The first-order chi connectivity index (χ1) is 10.0. The molecule has 1 aliphatic rings. The Bertz CT molecular complexity index is 548. The fourth-order valence-electron chi connectivity index (χ4n) is 2.52. The van der Waals surface area contributed by atoms with Crippen molar-refractivity contribution in [3.05, 3.63) is 29.6 Å². The summed E-state index contributed by atoms with van der Waals surface area (Å²) in [5.74, 6) is -1.60. The van der Waals surface area contributed by atoms with Gasteiger partial charge in [0, 0.05) is 12.2 Å². The van der Waals surface area contributed by atoms with E-state index in [2.05, 4.69) is 0 Å². The second kappa shape index (κ2) is 6.56. The summed E-state index contributed by atoms with van der Waals surface area (Å²) in [6.45, 7) is 2.40. The summed E-state index contributed by atoms with van der Waals surface area (Å²) in [7, 11) is 0. The zero-order valence-corrected chi connectivity index (χ0v) is 12.0. The third-order valence-corrected chi connectivity index (χ3v) is 3.55. The highest BCUT2D eigenvalue weighted by molar-refractivity contribution is 5.97. The molecule has 2 N–H and O–H groups in total. The minimum Gasteiger partial charge on any atom is -0.464 e. The lowest BCUT2D eigenvalue weighted by Gasteiger charge is -2.34. The number of esters is 1. The van der Waals surface area contributed by atoms with Gasteiger partial charge in [-0.25, -0.2) is 9.18 Å². The van der Waals surface area contributed by atoms with Crippen LogP contribution in [-0.4, -0.2) is 36.0 Å². The lowest BCUT2D eigenvalue weighted by atomic mass is 10.0. The highest BCUT2D eigenvalue weighted by atomic mass is 19.1. The quantitative estimate of drug-likeness (QED) is 0.683. The molecule has 0 aromatic heterocycles. The van der Waals surface area contributed by atoms with Crippen molar-refractivity contribution in [1.82, 2.24) is 4.90 Å². The Labute approximate surface area is 122 Å². The minimum absolute atomic E-state index is 0.0691. The second-order valence-corrected chi connectivity index (χ2v) is 5.00. The van der Waals surface area contributed by atoms with Gasteiger partial charge in [-0.1, -0.05) is 0 Å². The maximum absolute atomic E-state index is 13.9. The van der Waals surface area contributed by atoms with Crippen LogP contribution in [0.15, 0.2) is 18.2 Å². The molecule has 5 nitrogen and oxygen atoms in total. The van der Waals surface area contributed by atoms with Crippen LogP contribution in [0, 0.1) is 5.82 Å². The molecule has 1 aromatic rings. The molecule has 6 heteroatoms. The SMILES string of the molecule is CCOC(=O)C1CCCCN1C(=O)c1ccc(N)cc1F. The number of rotatable bonds is 3. The number of halogens is 1. The Balaban J connectivity index is 2.24. The number of nitrogens with two attached hydrogens (primary N) is 1. The molecule has 0 saturated carbocycles. The number of piperidine rings is 1. The number of nitrogens with zero attached hydrogens (tertiary/aromatic N) is 1. The molecule has 2 rings (SSSR count). The zero-order valence-electron chi connectivity index (χ0n) is 12.0. The van der Waals surface area contributed by atoms with Crippen molar-refractivity contribution in [3.8, 4) is 0 Å². The molecule has 114 valence electrons. The monoisotopic (exact) mass is 294 g/mol. The number of anilines is 1. The van der Waals surface area contributed by atoms with Crippen LogP contribution < -0.4 is 5.73 Å². The lowest BCUT2D eigenvalue weighted by molar-refractivity contribution is -0.149. The molecule has 0 spiro atoms. The van der Waals surface area contributed by atoms with Gasteiger partial charge in [0.15, 0.2) is 0 Å². The Morgan fingerprint density at radius 1 is 1.43 bits per heavy atom. The van der Waals surface area contributed by atoms with Crippen LogP contribution in [0.25, 0.3) is 0 Å². The summed E-state index contributed by atoms with van der Waals surface area (Å²) >= 11 is 0. The summed E-state index contributed by atoms with van der Waals surface area (Å²) in [5, 5.41) is 0. The predicted octanol–water partition coefficient (Wildman–Crippen LogP) is 1.97. The molecular formula is C15H19FN2O3. The van der Waals surface area contributed by atoms with E-state index in [1.165, 1.54) is 17.0 Å². The van der Waals surface area contributed by atoms with Gasteiger partial charge >= 0.3 is 5.97 Å². The Kier molecular flexibility index (Phi) is 4.77. The van der Waals surface area contributed by atoms with E-state index in [9.17, 15) is 14.0 Å². The van der Waals surface area contributed by atoms with Crippen molar-refractivity contribution < 1.29 is 18.7 Å². The highest BCUT2D eigenvalue weighted by Gasteiger charge is 2.34. The van der Waals surface area contributed by atoms with Gasteiger partial charge < -0.3 is 15.4 Å². The van der Waals surface area contributed by atoms with Crippen molar-refractivity contribution in [2.75, 3.05) is 18.9 Å². The fraction of sp³-hybridized carbons (Fsp3) is 0.467. The maximum atomic E-state index is 13.9. The lowest BCUT2D eigenvalue weighted by Crippen LogP contribution is -2.48. The van der Waals surface area contributed by atoms with Crippen LogP contribution in [0.1, 0.15) is 36.5 Å². The predicted molar refractivity (Wildman–Crippen MR) is 76.1 cm³/mol. The van der Waals surface area contributed by atoms with E-state index in [4.69, 9.17) is 10.5 Å². The van der Waals surface area contributed by atoms with Gasteiger partial charge in [-0.2, -0.15) is 0 Å². The summed E-state index contributed by atoms with van der Waals surface area (Å²) in [6.07, 6.45) is 2.18. The number of hydrogen-bond donors (Lipinski definition) is 1. The van der Waals surface area contributed by atoms with Gasteiger partial charge in [-0.3, -0.25) is 4.79 Å². The fourth-order valence-corrected chi connectivity index (χ4v) is 2.52. The molecule has 1 fully saturated rings. The zero-order chi connectivity index (χ0) is 15.4. The number of carbonyl (C=O) groups is 2. The molecular weight excluding hydrogens is 275 g/mol. The molecule has 1 aromatic carbocycles. The van der Waals surface area contributed by atoms with Gasteiger partial charge in [0.05, 0.1) is 12.2 Å². The molecule has 21 heavy (non-hydrogen) atoms. The Hall–Kier alpha value is -2.11. The van der Waals surface area contributed by atoms with Crippen LogP contribution in [0.4, 0.5) is 10.1 Å². The molecule has 1 aliphatic heterocycles. The number of carbonyl (C=O) groups excluding carboxylic acids is 2. The molecule has 1 atom stereocenters. The van der Waals surface area contributed by atoms with E-state index in [-0.39, 0.29) is 17.9 Å². The molecule has 1 unspecified atom stereocenters. The minimum atomic E-state index is -0.673. The van der Waals surface area contributed by atoms with E-state index in [1.807, 2.05) is 0 Å². The molecule has 0 radical (unpaired) electrons. The molecule has 1 heterocycles. The van der Waals surface area contributed by atoms with Crippen molar-refractivity contribution in [3.63, 3.8) is 0 Å². The summed E-state index contributed by atoms with van der Waals surface area (Å²) in [5.41, 5.74) is 5.67. The summed E-state index contributed by atoms with van der Waals surface area (Å²) < 4.78 is 18.9. The van der Waals surface area contributed by atoms with E-state index < -0.39 is 23.7 Å². The number of amides is 1. The molecule has 1 saturated heterocycles. The van der Waals surface area contributed by atoms with Gasteiger partial charge in [0.1, 0.15) is 11.9 Å². The van der Waals surface area contributed by atoms with Crippen molar-refractivity contribution in [2.45, 2.75) is 32.2 Å². The van der Waals surface area contributed by atoms with Gasteiger partial charge in [0.2, 0.25) is 0 Å². The topological polar surface area (TPSA) is 72.6 Å². The van der Waals surface area contributed by atoms with Crippen molar-refractivity contribution >= 4 is 17.6 Å². The van der Waals surface area contributed by atoms with Crippen LogP contribution in [-0.2, 0) is 9.53 Å². The normalized spacial score (nSPS) is 18.4. The summed E-state index contributed by atoms with van der Waals surface area (Å²) in [6, 6.07) is 3.29. The second-order valence-electron chi connectivity index (χ2n) is 5.00. The molecule has 1 amide bonds. The van der Waals surface area contributed by atoms with Gasteiger partial charge in [-0.05, 0) is 44.4 Å². The van der Waals surface area contributed by atoms with E-state index in [1.54, 1.807) is 6.92 Å². The third kappa shape index (κ3) is 3.32. The molecule has 0 bridgehead atoms. The number of likely N-dealkylation sites (tertiary alicyclic amines) is 1. The number of nitrogen functional groups attached to an aromatic ring is 1. The first-order valence-electron chi connectivity index (χ1n) is 7.07. The van der Waals surface area contributed by atoms with Gasteiger partial charge in [-0.15, -0.1) is 0 Å². The smallest absolute Gasteiger partial charge is 0.328 e. The number of hydrogen-bond acceptors (Lipinski definition) is 4. The van der Waals surface area contributed by atoms with Crippen LogP contribution in [0.2, 0.25) is 0 Å². The van der Waals surface area contributed by atoms with Crippen LogP contribution >= 0.6 is 0 Å². The van der Waals surface area contributed by atoms with Gasteiger partial charge in [0.25, 0.3) is 5.91 Å². The largest absolute Gasteiger partial charge is 0.464 e. The Morgan fingerprint density at radius 3 is 2.86 bits per heavy atom. The van der Waals surface area contributed by atoms with Crippen LogP contribution in [0.5, 0.6) is 0 Å². The standard InChI is InChI=1S/C15H19FN2O3/c1-2-21-15(20)13-5-3-4-8-18(13)14(19)11-7-6-10(17)9-12(11)16/h6-7,9,13H,2-5,8,17H2,1H3.